The van der Waals surface area contributed by atoms with Gasteiger partial charge in [0.2, 0.25) is 0 Å². The van der Waals surface area contributed by atoms with Crippen molar-refractivity contribution < 1.29 is 9.47 Å². The van der Waals surface area contributed by atoms with Crippen molar-refractivity contribution in [1.29, 1.82) is 0 Å². The molecule has 0 spiro atoms. The lowest BCUT2D eigenvalue weighted by Crippen LogP contribution is -2.49. The first kappa shape index (κ1) is 17.7. The van der Waals surface area contributed by atoms with Gasteiger partial charge in [0.1, 0.15) is 6.04 Å². The predicted octanol–water partition coefficient (Wildman–Crippen LogP) is 2.86. The molecule has 1 saturated heterocycles. The number of hydrogen-bond donors (Lipinski definition) is 1. The summed E-state index contributed by atoms with van der Waals surface area (Å²) < 4.78 is 10.7. The van der Waals surface area contributed by atoms with Crippen molar-refractivity contribution in [2.45, 2.75) is 12.5 Å². The maximum Gasteiger partial charge on any atom is 0.174 e. The molecule has 0 atom stereocenters. The second-order valence-corrected chi connectivity index (χ2v) is 5.98. The van der Waals surface area contributed by atoms with Crippen LogP contribution in [0.5, 0.6) is 11.5 Å². The Labute approximate surface area is 153 Å². The number of anilines is 1. The zero-order valence-corrected chi connectivity index (χ0v) is 15.0. The van der Waals surface area contributed by atoms with Gasteiger partial charge in [-0.05, 0) is 18.2 Å². The van der Waals surface area contributed by atoms with Crippen LogP contribution in [0.3, 0.4) is 0 Å². The highest BCUT2D eigenvalue weighted by Crippen LogP contribution is 2.31. The van der Waals surface area contributed by atoms with Gasteiger partial charge in [-0.2, -0.15) is 10.2 Å². The highest BCUT2D eigenvalue weighted by atomic mass is 16.5. The van der Waals surface area contributed by atoms with Crippen molar-refractivity contribution in [1.82, 2.24) is 0 Å². The maximum absolute atomic E-state index is 5.50. The van der Waals surface area contributed by atoms with Gasteiger partial charge in [0.15, 0.2) is 17.3 Å². The number of rotatable bonds is 6. The standard InChI is InChI=1S/C19H23N5O2/c1-25-17-10-6-7-14(19(17)26-2)11-18(21-20)23-22-15-12-24(13-15)16-8-4-3-5-9-16/h3-10,15H,11-13,20H2,1-2H3. The Bertz CT molecular complexity index is 786. The van der Waals surface area contributed by atoms with Crippen LogP contribution in [0.4, 0.5) is 5.69 Å². The second-order valence-electron chi connectivity index (χ2n) is 5.98. The highest BCUT2D eigenvalue weighted by molar-refractivity contribution is 5.85. The van der Waals surface area contributed by atoms with Gasteiger partial charge in [-0.1, -0.05) is 30.3 Å². The maximum atomic E-state index is 5.50. The number of amidine groups is 1. The number of azo groups is 1. The van der Waals surface area contributed by atoms with E-state index in [1.165, 1.54) is 5.69 Å². The Hall–Kier alpha value is -3.09. The summed E-state index contributed by atoms with van der Waals surface area (Å²) in [6.45, 7) is 1.68. The summed E-state index contributed by atoms with van der Waals surface area (Å²) >= 11 is 0. The lowest BCUT2D eigenvalue weighted by molar-refractivity contribution is 0.352. The normalized spacial score (nSPS) is 15.2. The van der Waals surface area contributed by atoms with Gasteiger partial charge in [-0.3, -0.25) is 0 Å². The van der Waals surface area contributed by atoms with Crippen LogP contribution in [-0.4, -0.2) is 39.2 Å². The highest BCUT2D eigenvalue weighted by Gasteiger charge is 2.26. The van der Waals surface area contributed by atoms with E-state index in [1.807, 2.05) is 36.4 Å². The molecule has 0 bridgehead atoms. The SMILES string of the molecule is COc1cccc(CC(N=NC2CN(c3ccccc3)C2)=NN)c1OC. The molecule has 7 heteroatoms. The minimum Gasteiger partial charge on any atom is -0.493 e. The average Bonchev–Trinajstić information content (AvgIpc) is 2.66. The second kappa shape index (κ2) is 8.33. The molecule has 0 aromatic heterocycles. The lowest BCUT2D eigenvalue weighted by atomic mass is 10.1. The van der Waals surface area contributed by atoms with Crippen molar-refractivity contribution in [2.75, 3.05) is 32.2 Å². The number of hydrogen-bond acceptors (Lipinski definition) is 6. The largest absolute Gasteiger partial charge is 0.493 e. The first-order chi connectivity index (χ1) is 12.7. The van der Waals surface area contributed by atoms with E-state index in [4.69, 9.17) is 15.3 Å². The molecule has 0 aliphatic carbocycles. The molecule has 136 valence electrons. The summed E-state index contributed by atoms with van der Waals surface area (Å²) in [6, 6.07) is 16.1. The monoisotopic (exact) mass is 353 g/mol. The minimum atomic E-state index is 0.152. The molecule has 0 saturated carbocycles. The molecule has 2 aromatic rings. The average molecular weight is 353 g/mol. The van der Waals surface area contributed by atoms with Gasteiger partial charge in [0, 0.05) is 30.8 Å². The molecule has 1 heterocycles. The molecule has 1 aliphatic rings. The van der Waals surface area contributed by atoms with Crippen LogP contribution in [-0.2, 0) is 6.42 Å². The van der Waals surface area contributed by atoms with Crippen LogP contribution < -0.4 is 20.2 Å². The van der Waals surface area contributed by atoms with E-state index in [9.17, 15) is 0 Å². The Balaban J connectivity index is 1.60. The first-order valence-corrected chi connectivity index (χ1v) is 8.42. The van der Waals surface area contributed by atoms with Crippen molar-refractivity contribution in [3.8, 4) is 11.5 Å². The summed E-state index contributed by atoms with van der Waals surface area (Å²) in [4.78, 5) is 2.26. The molecule has 0 radical (unpaired) electrons. The molecule has 1 fully saturated rings. The van der Waals surface area contributed by atoms with Crippen LogP contribution in [0.1, 0.15) is 5.56 Å². The molecule has 26 heavy (non-hydrogen) atoms. The van der Waals surface area contributed by atoms with Gasteiger partial charge < -0.3 is 20.2 Å². The van der Waals surface area contributed by atoms with Gasteiger partial charge in [-0.25, -0.2) is 0 Å². The summed E-state index contributed by atoms with van der Waals surface area (Å²) in [5.41, 5.74) is 2.10. The summed E-state index contributed by atoms with van der Waals surface area (Å²) in [7, 11) is 3.21. The van der Waals surface area contributed by atoms with Gasteiger partial charge in [0.25, 0.3) is 0 Å². The molecule has 2 N–H and O–H groups in total. The van der Waals surface area contributed by atoms with Gasteiger partial charge >= 0.3 is 0 Å². The fourth-order valence-electron chi connectivity index (χ4n) is 2.90. The Kier molecular flexibility index (Phi) is 5.68. The predicted molar refractivity (Wildman–Crippen MR) is 102 cm³/mol. The van der Waals surface area contributed by atoms with E-state index in [0.29, 0.717) is 23.8 Å². The Morgan fingerprint density at radius 1 is 1.08 bits per heavy atom. The third-order valence-corrected chi connectivity index (χ3v) is 4.30. The minimum absolute atomic E-state index is 0.152. The fraction of sp³-hybridized carbons (Fsp3) is 0.316. The number of nitrogens with zero attached hydrogens (tertiary/aromatic N) is 4. The number of benzene rings is 2. The quantitative estimate of drug-likeness (QED) is 0.284. The van der Waals surface area contributed by atoms with E-state index in [2.05, 4.69) is 32.4 Å². The zero-order valence-electron chi connectivity index (χ0n) is 15.0. The number of para-hydroxylation sites is 2. The van der Waals surface area contributed by atoms with E-state index < -0.39 is 0 Å². The van der Waals surface area contributed by atoms with Crippen molar-refractivity contribution in [2.24, 2.45) is 21.2 Å². The Morgan fingerprint density at radius 3 is 2.50 bits per heavy atom. The van der Waals surface area contributed by atoms with Crippen molar-refractivity contribution >= 4 is 11.5 Å². The molecular formula is C19H23N5O2. The molecule has 7 nitrogen and oxygen atoms in total. The number of nitrogens with two attached hydrogens (primary N) is 1. The van der Waals surface area contributed by atoms with Crippen LogP contribution in [0.25, 0.3) is 0 Å². The molecule has 1 aliphatic heterocycles. The molecule has 2 aromatic carbocycles. The molecule has 0 unspecified atom stereocenters. The van der Waals surface area contributed by atoms with Crippen molar-refractivity contribution in [3.63, 3.8) is 0 Å². The summed E-state index contributed by atoms with van der Waals surface area (Å²) in [6.07, 6.45) is 0.426. The fourth-order valence-corrected chi connectivity index (χ4v) is 2.90. The molecule has 3 rings (SSSR count). The number of methoxy groups -OCH3 is 2. The Morgan fingerprint density at radius 2 is 1.85 bits per heavy atom. The molecular weight excluding hydrogens is 330 g/mol. The smallest absolute Gasteiger partial charge is 0.174 e. The van der Waals surface area contributed by atoms with Gasteiger partial charge in [0.05, 0.1) is 14.2 Å². The van der Waals surface area contributed by atoms with Crippen LogP contribution in [0.15, 0.2) is 63.9 Å². The topological polar surface area (TPSA) is 84.8 Å². The van der Waals surface area contributed by atoms with E-state index in [-0.39, 0.29) is 6.04 Å². The first-order valence-electron chi connectivity index (χ1n) is 8.42. The number of hydrazone groups is 1. The van der Waals surface area contributed by atoms with Crippen LogP contribution in [0.2, 0.25) is 0 Å². The third-order valence-electron chi connectivity index (χ3n) is 4.30. The van der Waals surface area contributed by atoms with Crippen LogP contribution in [0, 0.1) is 0 Å². The summed E-state index contributed by atoms with van der Waals surface area (Å²) in [5, 5.41) is 12.4. The third kappa shape index (κ3) is 3.93. The van der Waals surface area contributed by atoms with E-state index in [1.54, 1.807) is 14.2 Å². The van der Waals surface area contributed by atoms with Crippen molar-refractivity contribution in [3.05, 3.63) is 54.1 Å². The van der Waals surface area contributed by atoms with Crippen LogP contribution >= 0.6 is 0 Å². The summed E-state index contributed by atoms with van der Waals surface area (Å²) in [5.74, 6) is 7.27. The number of ether oxygens (including phenoxy) is 2. The van der Waals surface area contributed by atoms with E-state index in [0.717, 1.165) is 18.7 Å². The zero-order chi connectivity index (χ0) is 18.4. The molecule has 0 amide bonds. The van der Waals surface area contributed by atoms with Gasteiger partial charge in [-0.15, -0.1) is 5.11 Å². The lowest BCUT2D eigenvalue weighted by Gasteiger charge is -2.38. The van der Waals surface area contributed by atoms with E-state index >= 15 is 0 Å².